The van der Waals surface area contributed by atoms with Gasteiger partial charge in [0, 0.05) is 37.8 Å². The van der Waals surface area contributed by atoms with Crippen molar-refractivity contribution in [3.63, 3.8) is 0 Å². The number of nitrogens with one attached hydrogen (secondary N) is 1. The predicted molar refractivity (Wildman–Crippen MR) is 65.4 cm³/mol. The molecule has 3 atom stereocenters. The topological polar surface area (TPSA) is 66.5 Å². The van der Waals surface area contributed by atoms with Crippen LogP contribution in [0.5, 0.6) is 0 Å². The van der Waals surface area contributed by atoms with Crippen LogP contribution in [0.2, 0.25) is 0 Å². The lowest BCUT2D eigenvalue weighted by molar-refractivity contribution is -0.133. The van der Waals surface area contributed by atoms with Crippen LogP contribution in [-0.2, 0) is 14.6 Å². The lowest BCUT2D eigenvalue weighted by Gasteiger charge is -2.27. The zero-order valence-corrected chi connectivity index (χ0v) is 11.2. The van der Waals surface area contributed by atoms with Crippen LogP contribution in [-0.4, -0.2) is 56.4 Å². The molecule has 6 heteroatoms. The van der Waals surface area contributed by atoms with E-state index >= 15 is 0 Å². The SMILES string of the molecule is CC1CC2CNCC2N1C(=O)CCS(C)(=O)=O. The molecule has 2 fully saturated rings. The highest BCUT2D eigenvalue weighted by atomic mass is 32.2. The molecular weight excluding hydrogens is 240 g/mol. The van der Waals surface area contributed by atoms with E-state index in [1.54, 1.807) is 0 Å². The number of likely N-dealkylation sites (tertiary alicyclic amines) is 1. The zero-order chi connectivity index (χ0) is 12.6. The van der Waals surface area contributed by atoms with Gasteiger partial charge in [-0.05, 0) is 19.3 Å². The van der Waals surface area contributed by atoms with E-state index in [0.717, 1.165) is 19.5 Å². The number of hydrogen-bond acceptors (Lipinski definition) is 4. The summed E-state index contributed by atoms with van der Waals surface area (Å²) in [7, 11) is -3.05. The summed E-state index contributed by atoms with van der Waals surface area (Å²) in [6.07, 6.45) is 2.32. The molecule has 2 rings (SSSR count). The molecule has 0 aliphatic carbocycles. The van der Waals surface area contributed by atoms with Crippen LogP contribution in [0.25, 0.3) is 0 Å². The fourth-order valence-electron chi connectivity index (χ4n) is 3.00. The Hall–Kier alpha value is -0.620. The van der Waals surface area contributed by atoms with E-state index in [-0.39, 0.29) is 30.2 Å². The van der Waals surface area contributed by atoms with Gasteiger partial charge in [-0.2, -0.15) is 0 Å². The van der Waals surface area contributed by atoms with Crippen molar-refractivity contribution in [2.75, 3.05) is 25.1 Å². The Labute approximate surface area is 102 Å². The lowest BCUT2D eigenvalue weighted by atomic mass is 10.0. The van der Waals surface area contributed by atoms with Crippen LogP contribution in [0.4, 0.5) is 0 Å². The minimum atomic E-state index is -3.05. The number of hydrogen-bond donors (Lipinski definition) is 1. The molecule has 5 nitrogen and oxygen atoms in total. The van der Waals surface area contributed by atoms with Crippen molar-refractivity contribution in [1.29, 1.82) is 0 Å². The molecular formula is C11H20N2O3S. The van der Waals surface area contributed by atoms with Gasteiger partial charge in [-0.1, -0.05) is 0 Å². The standard InChI is InChI=1S/C11H20N2O3S/c1-8-5-9-6-12-7-10(9)13(8)11(14)3-4-17(2,15)16/h8-10,12H,3-7H2,1-2H3. The first-order valence-corrected chi connectivity index (χ1v) is 8.14. The first-order chi connectivity index (χ1) is 7.88. The molecule has 2 heterocycles. The normalized spacial score (nSPS) is 32.8. The van der Waals surface area contributed by atoms with Gasteiger partial charge in [0.05, 0.1) is 5.75 Å². The van der Waals surface area contributed by atoms with Crippen LogP contribution in [0, 0.1) is 5.92 Å². The summed E-state index contributed by atoms with van der Waals surface area (Å²) in [5.74, 6) is 0.492. The highest BCUT2D eigenvalue weighted by molar-refractivity contribution is 7.90. The fourth-order valence-corrected chi connectivity index (χ4v) is 3.54. The third kappa shape index (κ3) is 2.80. The zero-order valence-electron chi connectivity index (χ0n) is 10.3. The van der Waals surface area contributed by atoms with E-state index in [0.29, 0.717) is 5.92 Å². The quantitative estimate of drug-likeness (QED) is 0.752. The second-order valence-electron chi connectivity index (χ2n) is 5.25. The predicted octanol–water partition coefficient (Wildman–Crippen LogP) is -0.370. The van der Waals surface area contributed by atoms with Gasteiger partial charge in [0.2, 0.25) is 5.91 Å². The number of rotatable bonds is 3. The van der Waals surface area contributed by atoms with Gasteiger partial charge in [0.15, 0.2) is 0 Å². The second-order valence-corrected chi connectivity index (χ2v) is 7.51. The number of sulfone groups is 1. The molecule has 17 heavy (non-hydrogen) atoms. The molecule has 0 aromatic rings. The molecule has 0 bridgehead atoms. The summed E-state index contributed by atoms with van der Waals surface area (Å²) in [6.45, 7) is 3.88. The van der Waals surface area contributed by atoms with E-state index in [2.05, 4.69) is 12.2 Å². The van der Waals surface area contributed by atoms with Crippen molar-refractivity contribution < 1.29 is 13.2 Å². The second kappa shape index (κ2) is 4.57. The maximum atomic E-state index is 12.1. The Morgan fingerprint density at radius 3 is 2.76 bits per heavy atom. The van der Waals surface area contributed by atoms with Crippen molar-refractivity contribution >= 4 is 15.7 Å². The van der Waals surface area contributed by atoms with Crippen molar-refractivity contribution in [2.45, 2.75) is 31.8 Å². The van der Waals surface area contributed by atoms with Gasteiger partial charge in [0.25, 0.3) is 0 Å². The van der Waals surface area contributed by atoms with Crippen LogP contribution in [0.15, 0.2) is 0 Å². The molecule has 0 saturated carbocycles. The third-order valence-electron chi connectivity index (χ3n) is 3.75. The van der Waals surface area contributed by atoms with Crippen molar-refractivity contribution in [3.8, 4) is 0 Å². The van der Waals surface area contributed by atoms with Gasteiger partial charge in [-0.25, -0.2) is 8.42 Å². The van der Waals surface area contributed by atoms with E-state index in [4.69, 9.17) is 0 Å². The number of carbonyl (C=O) groups is 1. The molecule has 2 aliphatic heterocycles. The van der Waals surface area contributed by atoms with Gasteiger partial charge < -0.3 is 10.2 Å². The van der Waals surface area contributed by atoms with Crippen LogP contribution in [0.1, 0.15) is 19.8 Å². The average Bonchev–Trinajstić information content (AvgIpc) is 2.72. The van der Waals surface area contributed by atoms with Crippen LogP contribution >= 0.6 is 0 Å². The van der Waals surface area contributed by atoms with Gasteiger partial charge in [-0.15, -0.1) is 0 Å². The highest BCUT2D eigenvalue weighted by Crippen LogP contribution is 2.32. The van der Waals surface area contributed by atoms with E-state index in [9.17, 15) is 13.2 Å². The van der Waals surface area contributed by atoms with Crippen LogP contribution < -0.4 is 5.32 Å². The van der Waals surface area contributed by atoms with Crippen molar-refractivity contribution in [3.05, 3.63) is 0 Å². The first kappa shape index (κ1) is 12.8. The summed E-state index contributed by atoms with van der Waals surface area (Å²) in [6, 6.07) is 0.524. The summed E-state index contributed by atoms with van der Waals surface area (Å²) in [5.41, 5.74) is 0. The van der Waals surface area contributed by atoms with Gasteiger partial charge >= 0.3 is 0 Å². The molecule has 0 radical (unpaired) electrons. The fraction of sp³-hybridized carbons (Fsp3) is 0.909. The summed E-state index contributed by atoms with van der Waals surface area (Å²) >= 11 is 0. The largest absolute Gasteiger partial charge is 0.335 e. The maximum absolute atomic E-state index is 12.1. The first-order valence-electron chi connectivity index (χ1n) is 6.08. The third-order valence-corrected chi connectivity index (χ3v) is 4.70. The average molecular weight is 260 g/mol. The molecule has 0 spiro atoms. The number of amides is 1. The smallest absolute Gasteiger partial charge is 0.224 e. The Balaban J connectivity index is 1.99. The summed E-state index contributed by atoms with van der Waals surface area (Å²) in [5, 5.41) is 3.29. The van der Waals surface area contributed by atoms with Crippen molar-refractivity contribution in [2.24, 2.45) is 5.92 Å². The molecule has 2 saturated heterocycles. The highest BCUT2D eigenvalue weighted by Gasteiger charge is 2.43. The monoisotopic (exact) mass is 260 g/mol. The Morgan fingerprint density at radius 1 is 1.41 bits per heavy atom. The number of fused-ring (bicyclic) bond motifs is 1. The summed E-state index contributed by atoms with van der Waals surface area (Å²) < 4.78 is 22.2. The molecule has 0 aromatic carbocycles. The lowest BCUT2D eigenvalue weighted by Crippen LogP contribution is -2.43. The molecule has 2 aliphatic rings. The minimum Gasteiger partial charge on any atom is -0.335 e. The van der Waals surface area contributed by atoms with Crippen LogP contribution in [0.3, 0.4) is 0 Å². The molecule has 0 aromatic heterocycles. The van der Waals surface area contributed by atoms with E-state index < -0.39 is 9.84 Å². The Bertz CT molecular complexity index is 407. The van der Waals surface area contributed by atoms with Gasteiger partial charge in [0.1, 0.15) is 9.84 Å². The molecule has 3 unspecified atom stereocenters. The van der Waals surface area contributed by atoms with E-state index in [1.165, 1.54) is 6.26 Å². The molecule has 1 amide bonds. The minimum absolute atomic E-state index is 0.0147. The Kier molecular flexibility index (Phi) is 3.45. The van der Waals surface area contributed by atoms with Crippen molar-refractivity contribution in [1.82, 2.24) is 10.2 Å². The maximum Gasteiger partial charge on any atom is 0.224 e. The Morgan fingerprint density at radius 2 is 2.12 bits per heavy atom. The number of carbonyl (C=O) groups excluding carboxylic acids is 1. The van der Waals surface area contributed by atoms with Gasteiger partial charge in [-0.3, -0.25) is 4.79 Å². The number of nitrogens with zero attached hydrogens (tertiary/aromatic N) is 1. The molecule has 1 N–H and O–H groups in total. The molecule has 98 valence electrons. The summed E-state index contributed by atoms with van der Waals surface area (Å²) in [4.78, 5) is 14.0. The van der Waals surface area contributed by atoms with E-state index in [1.807, 2.05) is 4.90 Å².